The number of aryl methyl sites for hydroxylation is 1. The molecule has 0 radical (unpaired) electrons. The summed E-state index contributed by atoms with van der Waals surface area (Å²) in [6.07, 6.45) is 2.45. The van der Waals surface area contributed by atoms with E-state index < -0.39 is 23.6 Å². The third kappa shape index (κ3) is 6.43. The van der Waals surface area contributed by atoms with Crippen molar-refractivity contribution in [2.45, 2.75) is 39.7 Å². The van der Waals surface area contributed by atoms with Gasteiger partial charge in [-0.15, -0.1) is 11.3 Å². The number of benzene rings is 2. The van der Waals surface area contributed by atoms with E-state index in [2.05, 4.69) is 15.8 Å². The molecule has 0 saturated carbocycles. The molecular weight excluding hydrogens is 561 g/mol. The lowest BCUT2D eigenvalue weighted by Crippen LogP contribution is -2.33. The molecule has 0 aliphatic heterocycles. The van der Waals surface area contributed by atoms with E-state index in [1.165, 1.54) is 30.6 Å². The number of nitrogens with zero attached hydrogens (tertiary/aromatic N) is 1. The van der Waals surface area contributed by atoms with Crippen molar-refractivity contribution in [1.29, 1.82) is 0 Å². The van der Waals surface area contributed by atoms with Crippen molar-refractivity contribution in [3.8, 4) is 11.5 Å². The summed E-state index contributed by atoms with van der Waals surface area (Å²) in [6, 6.07) is 9.29. The summed E-state index contributed by atoms with van der Waals surface area (Å²) in [7, 11) is 1.45. The van der Waals surface area contributed by atoms with E-state index in [0.29, 0.717) is 33.3 Å². The van der Waals surface area contributed by atoms with Gasteiger partial charge in [0.05, 0.1) is 30.0 Å². The molecule has 0 bridgehead atoms. The maximum Gasteiger partial charge on any atom is 0.341 e. The predicted molar refractivity (Wildman–Crippen MR) is 150 cm³/mol. The van der Waals surface area contributed by atoms with Gasteiger partial charge < -0.3 is 19.5 Å². The first-order valence-electron chi connectivity index (χ1n) is 12.4. The molecule has 0 spiro atoms. The largest absolute Gasteiger partial charge is 0.493 e. The Morgan fingerprint density at radius 1 is 1.12 bits per heavy atom. The Hall–Kier alpha value is -3.96. The van der Waals surface area contributed by atoms with Crippen LogP contribution in [0.15, 0.2) is 41.5 Å². The maximum atomic E-state index is 14.1. The number of thiophene rings is 1. The second kappa shape index (κ2) is 12.9. The maximum absolute atomic E-state index is 14.1. The number of carbonyl (C=O) groups excluding carboxylic acids is 3. The number of hydrazone groups is 1. The third-order valence-electron chi connectivity index (χ3n) is 6.17. The van der Waals surface area contributed by atoms with Crippen LogP contribution in [0.1, 0.15) is 52.2 Å². The molecule has 0 atom stereocenters. The zero-order chi connectivity index (χ0) is 28.8. The van der Waals surface area contributed by atoms with Crippen LogP contribution in [-0.4, -0.2) is 37.2 Å². The lowest BCUT2D eigenvalue weighted by atomic mass is 10.1. The Balaban J connectivity index is 1.41. The number of amides is 2. The highest BCUT2D eigenvalue weighted by atomic mass is 35.5. The Morgan fingerprint density at radius 3 is 2.65 bits per heavy atom. The summed E-state index contributed by atoms with van der Waals surface area (Å²) in [4.78, 5) is 38.6. The molecule has 1 aliphatic carbocycles. The lowest BCUT2D eigenvalue weighted by molar-refractivity contribution is -0.136. The van der Waals surface area contributed by atoms with Gasteiger partial charge in [-0.3, -0.25) is 9.59 Å². The van der Waals surface area contributed by atoms with Crippen molar-refractivity contribution in [3.63, 3.8) is 0 Å². The normalized spacial score (nSPS) is 12.5. The number of ether oxygens (including phenoxy) is 3. The number of anilines is 1. The topological polar surface area (TPSA) is 115 Å². The summed E-state index contributed by atoms with van der Waals surface area (Å²) in [5.41, 5.74) is 4.59. The quantitative estimate of drug-likeness (QED) is 0.152. The van der Waals surface area contributed by atoms with Crippen molar-refractivity contribution < 1.29 is 33.0 Å². The van der Waals surface area contributed by atoms with E-state index in [1.807, 2.05) is 0 Å². The highest BCUT2D eigenvalue weighted by molar-refractivity contribution is 7.17. The van der Waals surface area contributed by atoms with Crippen LogP contribution in [-0.2, 0) is 33.8 Å². The fraction of sp³-hybridized carbons (Fsp3) is 0.286. The van der Waals surface area contributed by atoms with Crippen molar-refractivity contribution >= 4 is 51.4 Å². The molecule has 40 heavy (non-hydrogen) atoms. The number of hydrogen-bond acceptors (Lipinski definition) is 8. The average molecular weight is 588 g/mol. The van der Waals surface area contributed by atoms with E-state index in [4.69, 9.17) is 25.8 Å². The molecule has 2 aromatic carbocycles. The number of esters is 1. The predicted octanol–water partition coefficient (Wildman–Crippen LogP) is 5.27. The first-order chi connectivity index (χ1) is 19.2. The summed E-state index contributed by atoms with van der Waals surface area (Å²) in [6.45, 7) is 3.43. The zero-order valence-corrected chi connectivity index (χ0v) is 23.6. The van der Waals surface area contributed by atoms with Crippen LogP contribution >= 0.6 is 22.9 Å². The Bertz CT molecular complexity index is 1470. The summed E-state index contributed by atoms with van der Waals surface area (Å²) in [5, 5.41) is 7.09. The molecule has 0 unspecified atom stereocenters. The van der Waals surface area contributed by atoms with Gasteiger partial charge in [0.2, 0.25) is 0 Å². The Morgan fingerprint density at radius 2 is 1.93 bits per heavy atom. The molecule has 12 heteroatoms. The van der Waals surface area contributed by atoms with Crippen LogP contribution in [0.2, 0.25) is 5.02 Å². The van der Waals surface area contributed by atoms with Gasteiger partial charge in [-0.05, 0) is 69.0 Å². The van der Waals surface area contributed by atoms with Crippen LogP contribution in [0, 0.1) is 5.82 Å². The van der Waals surface area contributed by atoms with E-state index in [0.717, 1.165) is 29.7 Å². The number of halogens is 2. The van der Waals surface area contributed by atoms with E-state index in [1.54, 1.807) is 38.1 Å². The van der Waals surface area contributed by atoms with Crippen molar-refractivity contribution in [1.82, 2.24) is 5.43 Å². The number of carbonyl (C=O) groups is 3. The van der Waals surface area contributed by atoms with Gasteiger partial charge in [0, 0.05) is 16.0 Å². The van der Waals surface area contributed by atoms with Gasteiger partial charge in [-0.25, -0.2) is 14.6 Å². The fourth-order valence-corrected chi connectivity index (χ4v) is 5.64. The first-order valence-corrected chi connectivity index (χ1v) is 13.6. The molecule has 9 nitrogen and oxygen atoms in total. The fourth-order valence-electron chi connectivity index (χ4n) is 4.15. The van der Waals surface area contributed by atoms with Gasteiger partial charge in [0.15, 0.2) is 11.5 Å². The molecule has 3 aromatic rings. The molecule has 0 fully saturated rings. The van der Waals surface area contributed by atoms with Gasteiger partial charge >= 0.3 is 17.8 Å². The number of fused-ring (bicyclic) bond motifs is 1. The van der Waals surface area contributed by atoms with Crippen LogP contribution < -0.4 is 20.2 Å². The van der Waals surface area contributed by atoms with Gasteiger partial charge in [0.1, 0.15) is 17.4 Å². The monoisotopic (exact) mass is 587 g/mol. The molecule has 1 aliphatic rings. The van der Waals surface area contributed by atoms with Gasteiger partial charge in [0.25, 0.3) is 0 Å². The minimum absolute atomic E-state index is 0.107. The van der Waals surface area contributed by atoms with Crippen LogP contribution in [0.4, 0.5) is 9.39 Å². The Kier molecular flexibility index (Phi) is 9.38. The molecule has 4 rings (SSSR count). The summed E-state index contributed by atoms with van der Waals surface area (Å²) in [5.74, 6) is -2.27. The zero-order valence-electron chi connectivity index (χ0n) is 22.1. The highest BCUT2D eigenvalue weighted by Crippen LogP contribution is 2.39. The first kappa shape index (κ1) is 29.0. The molecule has 0 saturated heterocycles. The average Bonchev–Trinajstić information content (AvgIpc) is 3.52. The molecule has 2 amide bonds. The standard InChI is InChI=1S/C28H27ClFN3O6S/c1-4-38-28(36)24-17-7-5-10-23(17)40-27(24)31-25(34)26(35)33-32-15(2)16-11-12-21(22(13-16)37-3)39-14-18-19(29)8-6-9-20(18)30/h6,8-9,11-13H,4-5,7,10,14H2,1-3H3,(H,31,34)(H,33,35)/b32-15+. The van der Waals surface area contributed by atoms with Crippen LogP contribution in [0.3, 0.4) is 0 Å². The summed E-state index contributed by atoms with van der Waals surface area (Å²) >= 11 is 7.34. The molecule has 210 valence electrons. The van der Waals surface area contributed by atoms with Crippen molar-refractivity contribution in [2.75, 3.05) is 19.0 Å². The van der Waals surface area contributed by atoms with E-state index in [-0.39, 0.29) is 23.8 Å². The SMILES string of the molecule is CCOC(=O)c1c(NC(=O)C(=O)N/N=C(\C)c2ccc(OCc3c(F)cccc3Cl)c(OC)c2)sc2c1CCC2. The molecule has 2 N–H and O–H groups in total. The van der Waals surface area contributed by atoms with Crippen molar-refractivity contribution in [2.24, 2.45) is 5.10 Å². The number of methoxy groups -OCH3 is 1. The second-order valence-corrected chi connectivity index (χ2v) is 10.2. The minimum Gasteiger partial charge on any atom is -0.493 e. The number of rotatable bonds is 9. The highest BCUT2D eigenvalue weighted by Gasteiger charge is 2.29. The third-order valence-corrected chi connectivity index (χ3v) is 7.74. The minimum atomic E-state index is -1.00. The van der Waals surface area contributed by atoms with Crippen molar-refractivity contribution in [3.05, 3.63) is 74.4 Å². The second-order valence-electron chi connectivity index (χ2n) is 8.73. The smallest absolute Gasteiger partial charge is 0.341 e. The number of nitrogens with one attached hydrogen (secondary N) is 2. The molecule has 1 heterocycles. The van der Waals surface area contributed by atoms with E-state index in [9.17, 15) is 18.8 Å². The van der Waals surface area contributed by atoms with Gasteiger partial charge in [-0.2, -0.15) is 5.10 Å². The lowest BCUT2D eigenvalue weighted by Gasteiger charge is -2.13. The molecular formula is C28H27ClFN3O6S. The van der Waals surface area contributed by atoms with E-state index >= 15 is 0 Å². The summed E-state index contributed by atoms with van der Waals surface area (Å²) < 4.78 is 30.3. The van der Waals surface area contributed by atoms with Crippen LogP contribution in [0.5, 0.6) is 11.5 Å². The van der Waals surface area contributed by atoms with Gasteiger partial charge in [-0.1, -0.05) is 17.7 Å². The van der Waals surface area contributed by atoms with Crippen LogP contribution in [0.25, 0.3) is 0 Å². The Labute approximate surface area is 239 Å². The number of hydrogen-bond donors (Lipinski definition) is 2. The molecule has 1 aromatic heterocycles.